The van der Waals surface area contributed by atoms with Crippen LogP contribution in [0.25, 0.3) is 0 Å². The average molecular weight is 273 g/mol. The summed E-state index contributed by atoms with van der Waals surface area (Å²) in [5.74, 6) is 0.259. The van der Waals surface area contributed by atoms with E-state index >= 15 is 0 Å². The van der Waals surface area contributed by atoms with Crippen molar-refractivity contribution in [2.75, 3.05) is 0 Å². The van der Waals surface area contributed by atoms with Crippen LogP contribution in [0.2, 0.25) is 0 Å². The molecule has 3 rings (SSSR count). The first-order chi connectivity index (χ1) is 10.2. The summed E-state index contributed by atoms with van der Waals surface area (Å²) in [5.41, 5.74) is 6.48. The monoisotopic (exact) mass is 273 g/mol. The predicted molar refractivity (Wildman–Crippen MR) is 87.5 cm³/mol. The van der Waals surface area contributed by atoms with E-state index in [0.29, 0.717) is 0 Å². The molecule has 0 bridgehead atoms. The van der Waals surface area contributed by atoms with Gasteiger partial charge in [0.25, 0.3) is 0 Å². The summed E-state index contributed by atoms with van der Waals surface area (Å²) in [6, 6.07) is 21.8. The van der Waals surface area contributed by atoms with Crippen LogP contribution in [-0.2, 0) is 0 Å². The fourth-order valence-electron chi connectivity index (χ4n) is 2.65. The Morgan fingerprint density at radius 3 is 1.38 bits per heavy atom. The summed E-state index contributed by atoms with van der Waals surface area (Å²) < 4.78 is 0. The van der Waals surface area contributed by atoms with Crippen LogP contribution in [-0.4, -0.2) is 4.98 Å². The Bertz CT molecular complexity index is 652. The van der Waals surface area contributed by atoms with Crippen molar-refractivity contribution >= 4 is 0 Å². The molecule has 0 N–H and O–H groups in total. The van der Waals surface area contributed by atoms with E-state index in [1.807, 2.05) is 12.4 Å². The first kappa shape index (κ1) is 13.6. The van der Waals surface area contributed by atoms with E-state index in [-0.39, 0.29) is 5.92 Å². The molecule has 2 aromatic carbocycles. The van der Waals surface area contributed by atoms with Crippen molar-refractivity contribution in [3.05, 3.63) is 101 Å². The van der Waals surface area contributed by atoms with Crippen LogP contribution in [0.4, 0.5) is 0 Å². The molecule has 0 saturated heterocycles. The maximum absolute atomic E-state index is 4.14. The summed E-state index contributed by atoms with van der Waals surface area (Å²) in [7, 11) is 0. The van der Waals surface area contributed by atoms with Crippen LogP contribution in [0, 0.1) is 13.8 Å². The number of benzene rings is 2. The normalized spacial score (nSPS) is 10.8. The van der Waals surface area contributed by atoms with E-state index in [9.17, 15) is 0 Å². The zero-order valence-electron chi connectivity index (χ0n) is 12.5. The van der Waals surface area contributed by atoms with Gasteiger partial charge in [0.05, 0.1) is 0 Å². The van der Waals surface area contributed by atoms with Crippen LogP contribution in [0.3, 0.4) is 0 Å². The highest BCUT2D eigenvalue weighted by atomic mass is 14.6. The third-order valence-corrected chi connectivity index (χ3v) is 3.86. The second kappa shape index (κ2) is 5.92. The Morgan fingerprint density at radius 2 is 0.952 bits per heavy atom. The van der Waals surface area contributed by atoms with Crippen molar-refractivity contribution in [3.63, 3.8) is 0 Å². The zero-order chi connectivity index (χ0) is 14.7. The minimum Gasteiger partial charge on any atom is -0.265 e. The van der Waals surface area contributed by atoms with Crippen molar-refractivity contribution < 1.29 is 0 Å². The van der Waals surface area contributed by atoms with Crippen LogP contribution >= 0.6 is 0 Å². The van der Waals surface area contributed by atoms with Gasteiger partial charge in [-0.15, -0.1) is 0 Å². The fourth-order valence-corrected chi connectivity index (χ4v) is 2.65. The first-order valence-corrected chi connectivity index (χ1v) is 7.27. The molecule has 0 unspecified atom stereocenters. The maximum Gasteiger partial charge on any atom is 0.0341 e. The van der Waals surface area contributed by atoms with Gasteiger partial charge in [-0.25, -0.2) is 0 Å². The lowest BCUT2D eigenvalue weighted by Crippen LogP contribution is -2.03. The Morgan fingerprint density at radius 1 is 0.571 bits per heavy atom. The Labute approximate surface area is 126 Å². The quantitative estimate of drug-likeness (QED) is 0.663. The maximum atomic E-state index is 4.14. The van der Waals surface area contributed by atoms with Gasteiger partial charge in [-0.05, 0) is 42.7 Å². The molecule has 0 aliphatic rings. The van der Waals surface area contributed by atoms with E-state index in [2.05, 4.69) is 79.5 Å². The number of hydrogen-bond acceptors (Lipinski definition) is 1. The van der Waals surface area contributed by atoms with Gasteiger partial charge in [-0.2, -0.15) is 0 Å². The van der Waals surface area contributed by atoms with E-state index in [4.69, 9.17) is 0 Å². The standard InChI is InChI=1S/C20H19N/c1-15-3-7-17(8-4-15)20(19-11-13-21-14-12-19)18-9-5-16(2)6-10-18/h3-14,20H,1-2H3. The zero-order valence-corrected chi connectivity index (χ0v) is 12.5. The van der Waals surface area contributed by atoms with Crippen molar-refractivity contribution in [1.82, 2.24) is 4.98 Å². The van der Waals surface area contributed by atoms with E-state index in [1.54, 1.807) is 0 Å². The molecule has 1 heteroatoms. The summed E-state index contributed by atoms with van der Waals surface area (Å²) in [5, 5.41) is 0. The molecule has 0 atom stereocenters. The smallest absolute Gasteiger partial charge is 0.0341 e. The Kier molecular flexibility index (Phi) is 3.83. The number of rotatable bonds is 3. The van der Waals surface area contributed by atoms with E-state index in [0.717, 1.165) is 0 Å². The van der Waals surface area contributed by atoms with Crippen LogP contribution in [0.15, 0.2) is 73.1 Å². The molecule has 0 fully saturated rings. The molecule has 1 nitrogen and oxygen atoms in total. The van der Waals surface area contributed by atoms with Crippen molar-refractivity contribution in [1.29, 1.82) is 0 Å². The molecular weight excluding hydrogens is 254 g/mol. The average Bonchev–Trinajstić information content (AvgIpc) is 2.52. The molecule has 104 valence electrons. The largest absolute Gasteiger partial charge is 0.265 e. The molecule has 0 aliphatic heterocycles. The lowest BCUT2D eigenvalue weighted by Gasteiger charge is -2.19. The third-order valence-electron chi connectivity index (χ3n) is 3.86. The predicted octanol–water partition coefficient (Wildman–Crippen LogP) is 4.88. The highest BCUT2D eigenvalue weighted by Crippen LogP contribution is 2.31. The van der Waals surface area contributed by atoms with Gasteiger partial charge in [-0.3, -0.25) is 4.98 Å². The Balaban J connectivity index is 2.11. The van der Waals surface area contributed by atoms with Gasteiger partial charge in [0.2, 0.25) is 0 Å². The first-order valence-electron chi connectivity index (χ1n) is 7.27. The second-order valence-electron chi connectivity index (χ2n) is 5.53. The van der Waals surface area contributed by atoms with Gasteiger partial charge >= 0.3 is 0 Å². The molecule has 0 radical (unpaired) electrons. The van der Waals surface area contributed by atoms with Crippen LogP contribution in [0.1, 0.15) is 33.7 Å². The minimum absolute atomic E-state index is 0.259. The number of aryl methyl sites for hydroxylation is 2. The van der Waals surface area contributed by atoms with E-state index in [1.165, 1.54) is 27.8 Å². The molecule has 0 aliphatic carbocycles. The van der Waals surface area contributed by atoms with Crippen LogP contribution < -0.4 is 0 Å². The Hall–Kier alpha value is -2.41. The van der Waals surface area contributed by atoms with Gasteiger partial charge in [0.15, 0.2) is 0 Å². The van der Waals surface area contributed by atoms with Crippen molar-refractivity contribution in [3.8, 4) is 0 Å². The number of pyridine rings is 1. The molecule has 0 spiro atoms. The van der Waals surface area contributed by atoms with Crippen molar-refractivity contribution in [2.45, 2.75) is 19.8 Å². The summed E-state index contributed by atoms with van der Waals surface area (Å²) >= 11 is 0. The molecule has 0 saturated carbocycles. The van der Waals surface area contributed by atoms with Crippen molar-refractivity contribution in [2.24, 2.45) is 0 Å². The lowest BCUT2D eigenvalue weighted by molar-refractivity contribution is 0.968. The van der Waals surface area contributed by atoms with Gasteiger partial charge in [0.1, 0.15) is 0 Å². The summed E-state index contributed by atoms with van der Waals surface area (Å²) in [4.78, 5) is 4.14. The highest BCUT2D eigenvalue weighted by Gasteiger charge is 2.16. The fraction of sp³-hybridized carbons (Fsp3) is 0.150. The number of nitrogens with zero attached hydrogens (tertiary/aromatic N) is 1. The molecule has 1 aromatic heterocycles. The molecule has 1 heterocycles. The molecule has 21 heavy (non-hydrogen) atoms. The number of aromatic nitrogens is 1. The molecule has 3 aromatic rings. The minimum atomic E-state index is 0.259. The summed E-state index contributed by atoms with van der Waals surface area (Å²) in [6.45, 7) is 4.24. The molecule has 0 amide bonds. The number of hydrogen-bond donors (Lipinski definition) is 0. The highest BCUT2D eigenvalue weighted by molar-refractivity contribution is 5.43. The second-order valence-corrected chi connectivity index (χ2v) is 5.53. The SMILES string of the molecule is Cc1ccc(C(c2ccncc2)c2ccc(C)cc2)cc1. The molecular formula is C20H19N. The van der Waals surface area contributed by atoms with Gasteiger partial charge < -0.3 is 0 Å². The van der Waals surface area contributed by atoms with Gasteiger partial charge in [-0.1, -0.05) is 59.7 Å². The van der Waals surface area contributed by atoms with Gasteiger partial charge in [0, 0.05) is 18.3 Å². The third kappa shape index (κ3) is 3.03. The van der Waals surface area contributed by atoms with E-state index < -0.39 is 0 Å². The topological polar surface area (TPSA) is 12.9 Å². The van der Waals surface area contributed by atoms with Crippen LogP contribution in [0.5, 0.6) is 0 Å². The summed E-state index contributed by atoms with van der Waals surface area (Å²) in [6.07, 6.45) is 3.73. The lowest BCUT2D eigenvalue weighted by atomic mass is 9.85.